The van der Waals surface area contributed by atoms with E-state index >= 15 is 0 Å². The highest BCUT2D eigenvalue weighted by atomic mass is 79.9. The van der Waals surface area contributed by atoms with E-state index < -0.39 is 0 Å². The highest BCUT2D eigenvalue weighted by molar-refractivity contribution is 9.10. The van der Waals surface area contributed by atoms with E-state index in [0.29, 0.717) is 11.4 Å². The molecule has 2 rings (SSSR count). The van der Waals surface area contributed by atoms with Crippen molar-refractivity contribution in [2.45, 2.75) is 26.2 Å². The molecule has 0 bridgehead atoms. The molecule has 0 fully saturated rings. The summed E-state index contributed by atoms with van der Waals surface area (Å²) in [6.45, 7) is 5.76. The van der Waals surface area contributed by atoms with Crippen LogP contribution >= 0.6 is 15.9 Å². The van der Waals surface area contributed by atoms with Crippen LogP contribution in [0.15, 0.2) is 33.5 Å². The average Bonchev–Trinajstić information content (AvgIpc) is 2.29. The van der Waals surface area contributed by atoms with Crippen LogP contribution in [0.5, 0.6) is 5.88 Å². The Labute approximate surface area is 119 Å². The van der Waals surface area contributed by atoms with E-state index in [1.54, 1.807) is 12.1 Å². The molecule has 19 heavy (non-hydrogen) atoms. The van der Waals surface area contributed by atoms with Crippen LogP contribution in [0.1, 0.15) is 26.6 Å². The molecule has 1 aromatic carbocycles. The Hall–Kier alpha value is -1.62. The lowest BCUT2D eigenvalue weighted by atomic mass is 9.95. The normalized spacial score (nSPS) is 11.6. The predicted molar refractivity (Wildman–Crippen MR) is 78.4 cm³/mol. The smallest absolute Gasteiger partial charge is 0.262 e. The summed E-state index contributed by atoms with van der Waals surface area (Å²) in [7, 11) is 0. The van der Waals surface area contributed by atoms with E-state index in [9.17, 15) is 9.90 Å². The maximum atomic E-state index is 12.1. The molecular weight excluding hydrogens is 308 g/mol. The van der Waals surface area contributed by atoms with Crippen molar-refractivity contribution in [3.8, 4) is 17.0 Å². The van der Waals surface area contributed by atoms with Crippen molar-refractivity contribution < 1.29 is 5.11 Å². The highest BCUT2D eigenvalue weighted by Gasteiger charge is 2.20. The molecule has 0 radical (unpaired) electrons. The maximum absolute atomic E-state index is 12.1. The predicted octanol–water partition coefficient (Wildman–Crippen LogP) is 3.20. The van der Waals surface area contributed by atoms with Crippen molar-refractivity contribution in [3.63, 3.8) is 0 Å². The topological polar surface area (TPSA) is 66.0 Å². The SMILES string of the molecule is CC(C)(C)c1nc(O)c(-c2ccc(Br)cc2)c(=O)[nH]1. The number of halogens is 1. The average molecular weight is 323 g/mol. The third-order valence-corrected chi connectivity index (χ3v) is 3.27. The van der Waals surface area contributed by atoms with Crippen LogP contribution < -0.4 is 5.56 Å². The molecule has 0 saturated carbocycles. The van der Waals surface area contributed by atoms with Crippen LogP contribution in [0.25, 0.3) is 11.1 Å². The molecular formula is C14H15BrN2O2. The molecule has 0 aliphatic heterocycles. The zero-order valence-electron chi connectivity index (χ0n) is 11.0. The number of nitrogens with zero attached hydrogens (tertiary/aromatic N) is 1. The zero-order chi connectivity index (χ0) is 14.2. The summed E-state index contributed by atoms with van der Waals surface area (Å²) in [5, 5.41) is 10.0. The first-order valence-corrected chi connectivity index (χ1v) is 6.68. The van der Waals surface area contributed by atoms with Crippen molar-refractivity contribution in [2.75, 3.05) is 0 Å². The van der Waals surface area contributed by atoms with Gasteiger partial charge in [-0.2, -0.15) is 4.98 Å². The molecule has 1 heterocycles. The van der Waals surface area contributed by atoms with E-state index in [4.69, 9.17) is 0 Å². The minimum Gasteiger partial charge on any atom is -0.493 e. The highest BCUT2D eigenvalue weighted by Crippen LogP contribution is 2.27. The number of hydrogen-bond acceptors (Lipinski definition) is 3. The summed E-state index contributed by atoms with van der Waals surface area (Å²) >= 11 is 3.33. The van der Waals surface area contributed by atoms with Gasteiger partial charge in [-0.25, -0.2) is 0 Å². The Morgan fingerprint density at radius 1 is 1.21 bits per heavy atom. The second kappa shape index (κ2) is 4.81. The van der Waals surface area contributed by atoms with Crippen molar-refractivity contribution in [1.82, 2.24) is 9.97 Å². The van der Waals surface area contributed by atoms with Gasteiger partial charge >= 0.3 is 0 Å². The van der Waals surface area contributed by atoms with Gasteiger partial charge in [0.25, 0.3) is 5.56 Å². The lowest BCUT2D eigenvalue weighted by Crippen LogP contribution is -2.22. The van der Waals surface area contributed by atoms with Crippen LogP contribution in [-0.4, -0.2) is 15.1 Å². The third kappa shape index (κ3) is 2.87. The number of aromatic amines is 1. The van der Waals surface area contributed by atoms with Crippen molar-refractivity contribution in [2.24, 2.45) is 0 Å². The molecule has 0 atom stereocenters. The lowest BCUT2D eigenvalue weighted by molar-refractivity contribution is 0.437. The van der Waals surface area contributed by atoms with Gasteiger partial charge in [-0.15, -0.1) is 0 Å². The molecule has 1 aromatic heterocycles. The van der Waals surface area contributed by atoms with E-state index in [0.717, 1.165) is 4.47 Å². The molecule has 4 nitrogen and oxygen atoms in total. The summed E-state index contributed by atoms with van der Waals surface area (Å²) in [5.74, 6) is 0.229. The second-order valence-electron chi connectivity index (χ2n) is 5.37. The molecule has 100 valence electrons. The lowest BCUT2D eigenvalue weighted by Gasteiger charge is -2.17. The Balaban J connectivity index is 2.60. The molecule has 0 spiro atoms. The van der Waals surface area contributed by atoms with Gasteiger partial charge in [0, 0.05) is 9.89 Å². The summed E-state index contributed by atoms with van der Waals surface area (Å²) in [6, 6.07) is 7.14. The first-order valence-electron chi connectivity index (χ1n) is 5.89. The Morgan fingerprint density at radius 2 is 1.79 bits per heavy atom. The molecule has 0 unspecified atom stereocenters. The van der Waals surface area contributed by atoms with Gasteiger partial charge in [-0.3, -0.25) is 4.79 Å². The number of nitrogens with one attached hydrogen (secondary N) is 1. The van der Waals surface area contributed by atoms with Crippen LogP contribution in [0.2, 0.25) is 0 Å². The number of rotatable bonds is 1. The number of aromatic hydroxyl groups is 1. The number of H-pyrrole nitrogens is 1. The minimum absolute atomic E-state index is 0.195. The van der Waals surface area contributed by atoms with Crippen LogP contribution in [0.3, 0.4) is 0 Å². The number of benzene rings is 1. The number of aromatic nitrogens is 2. The van der Waals surface area contributed by atoms with E-state index in [1.165, 1.54) is 0 Å². The van der Waals surface area contributed by atoms with Gasteiger partial charge in [-0.1, -0.05) is 48.8 Å². The first-order chi connectivity index (χ1) is 8.79. The monoisotopic (exact) mass is 322 g/mol. The Bertz CT molecular complexity index is 655. The number of hydrogen-bond donors (Lipinski definition) is 2. The third-order valence-electron chi connectivity index (χ3n) is 2.74. The van der Waals surface area contributed by atoms with Gasteiger partial charge in [0.15, 0.2) is 0 Å². The fourth-order valence-electron chi connectivity index (χ4n) is 1.69. The van der Waals surface area contributed by atoms with Crippen molar-refractivity contribution in [3.05, 3.63) is 44.9 Å². The summed E-state index contributed by atoms with van der Waals surface area (Å²) in [4.78, 5) is 18.9. The van der Waals surface area contributed by atoms with Gasteiger partial charge < -0.3 is 10.1 Å². The van der Waals surface area contributed by atoms with Gasteiger partial charge in [0.2, 0.25) is 5.88 Å². The minimum atomic E-state index is -0.334. The van der Waals surface area contributed by atoms with E-state index in [2.05, 4.69) is 25.9 Å². The molecule has 5 heteroatoms. The van der Waals surface area contributed by atoms with Crippen molar-refractivity contribution in [1.29, 1.82) is 0 Å². The fraction of sp³-hybridized carbons (Fsp3) is 0.286. The van der Waals surface area contributed by atoms with Gasteiger partial charge in [0.05, 0.1) is 0 Å². The molecule has 0 amide bonds. The molecule has 0 aliphatic rings. The molecule has 2 aromatic rings. The largest absolute Gasteiger partial charge is 0.493 e. The van der Waals surface area contributed by atoms with E-state index in [-0.39, 0.29) is 22.4 Å². The van der Waals surface area contributed by atoms with Crippen LogP contribution in [0, 0.1) is 0 Å². The fourth-order valence-corrected chi connectivity index (χ4v) is 1.96. The summed E-state index contributed by atoms with van der Waals surface area (Å²) < 4.78 is 0.909. The zero-order valence-corrected chi connectivity index (χ0v) is 12.6. The van der Waals surface area contributed by atoms with Crippen molar-refractivity contribution >= 4 is 15.9 Å². The van der Waals surface area contributed by atoms with E-state index in [1.807, 2.05) is 32.9 Å². The molecule has 2 N–H and O–H groups in total. The van der Waals surface area contributed by atoms with Crippen LogP contribution in [0.4, 0.5) is 0 Å². The summed E-state index contributed by atoms with van der Waals surface area (Å²) in [5.41, 5.74) is 0.171. The Kier molecular flexibility index (Phi) is 3.49. The maximum Gasteiger partial charge on any atom is 0.262 e. The van der Waals surface area contributed by atoms with Gasteiger partial charge in [-0.05, 0) is 17.7 Å². The van der Waals surface area contributed by atoms with Gasteiger partial charge in [0.1, 0.15) is 11.4 Å². The second-order valence-corrected chi connectivity index (χ2v) is 6.29. The standard InChI is InChI=1S/C14H15BrN2O2/c1-14(2,3)13-16-11(18)10(12(19)17-13)8-4-6-9(15)7-5-8/h4-7H,1-3H3,(H2,16,17,18,19). The molecule has 0 aliphatic carbocycles. The van der Waals surface area contributed by atoms with Crippen LogP contribution in [-0.2, 0) is 5.41 Å². The quantitative estimate of drug-likeness (QED) is 0.847. The Morgan fingerprint density at radius 3 is 2.26 bits per heavy atom. The first kappa shape index (κ1) is 13.8. The molecule has 0 saturated heterocycles. The summed E-state index contributed by atoms with van der Waals surface area (Å²) in [6.07, 6.45) is 0.